The fraction of sp³-hybridized carbons (Fsp3) is 0.524. The fourth-order valence-corrected chi connectivity index (χ4v) is 3.48. The van der Waals surface area contributed by atoms with Crippen molar-refractivity contribution >= 4 is 11.9 Å². The monoisotopic (exact) mass is 401 g/mol. The number of benzene rings is 1. The van der Waals surface area contributed by atoms with Gasteiger partial charge in [0.05, 0.1) is 5.56 Å². The van der Waals surface area contributed by atoms with E-state index in [1.165, 1.54) is 6.42 Å². The number of hydrogen-bond donors (Lipinski definition) is 1. The third-order valence-electron chi connectivity index (χ3n) is 5.42. The summed E-state index contributed by atoms with van der Waals surface area (Å²) in [6.45, 7) is 5.95. The van der Waals surface area contributed by atoms with Crippen molar-refractivity contribution in [3.63, 3.8) is 0 Å². The van der Waals surface area contributed by atoms with Gasteiger partial charge in [-0.2, -0.15) is 4.98 Å². The fourth-order valence-electron chi connectivity index (χ4n) is 3.48. The maximum Gasteiger partial charge on any atom is 0.338 e. The number of hydrogen-bond acceptors (Lipinski definition) is 7. The van der Waals surface area contributed by atoms with Gasteiger partial charge >= 0.3 is 5.97 Å². The first-order chi connectivity index (χ1) is 13.9. The zero-order valence-corrected chi connectivity index (χ0v) is 17.0. The summed E-state index contributed by atoms with van der Waals surface area (Å²) in [5.41, 5.74) is 0.347. The topological polar surface area (TPSA) is 104 Å². The first-order valence-electron chi connectivity index (χ1n) is 9.91. The van der Waals surface area contributed by atoms with Gasteiger partial charge in [0.2, 0.25) is 11.7 Å². The minimum absolute atomic E-state index is 0.143. The zero-order chi connectivity index (χ0) is 20.8. The van der Waals surface area contributed by atoms with E-state index < -0.39 is 5.97 Å². The van der Waals surface area contributed by atoms with Crippen LogP contribution in [0.5, 0.6) is 5.75 Å². The second-order valence-corrected chi connectivity index (χ2v) is 7.56. The predicted octanol–water partition coefficient (Wildman–Crippen LogP) is 3.05. The van der Waals surface area contributed by atoms with Gasteiger partial charge in [0.15, 0.2) is 13.2 Å². The third-order valence-corrected chi connectivity index (χ3v) is 5.42. The van der Waals surface area contributed by atoms with E-state index in [1.807, 2.05) is 0 Å². The molecule has 1 aromatic carbocycles. The molecular formula is C21H27N3O5. The highest BCUT2D eigenvalue weighted by molar-refractivity contribution is 5.91. The first kappa shape index (κ1) is 20.8. The van der Waals surface area contributed by atoms with E-state index in [2.05, 4.69) is 29.3 Å². The van der Waals surface area contributed by atoms with Crippen LogP contribution < -0.4 is 10.1 Å². The lowest BCUT2D eigenvalue weighted by Gasteiger charge is -2.34. The van der Waals surface area contributed by atoms with Gasteiger partial charge in [0.25, 0.3) is 5.91 Å². The van der Waals surface area contributed by atoms with Crippen LogP contribution in [0.25, 0.3) is 0 Å². The van der Waals surface area contributed by atoms with Crippen LogP contribution in [0.1, 0.15) is 55.2 Å². The normalized spacial score (nSPS) is 21.4. The molecule has 3 atom stereocenters. The van der Waals surface area contributed by atoms with E-state index in [0.29, 0.717) is 34.9 Å². The molecule has 3 rings (SSSR count). The lowest BCUT2D eigenvalue weighted by molar-refractivity contribution is -0.125. The molecule has 1 aromatic heterocycles. The summed E-state index contributed by atoms with van der Waals surface area (Å²) in [5.74, 6) is 1.66. The van der Waals surface area contributed by atoms with Crippen LogP contribution in [0, 0.1) is 18.8 Å². The van der Waals surface area contributed by atoms with Crippen molar-refractivity contribution in [2.24, 2.45) is 11.8 Å². The number of carbonyl (C=O) groups is 2. The van der Waals surface area contributed by atoms with Gasteiger partial charge in [-0.05, 0) is 42.5 Å². The van der Waals surface area contributed by atoms with Crippen molar-refractivity contribution in [1.29, 1.82) is 0 Å². The van der Waals surface area contributed by atoms with E-state index in [4.69, 9.17) is 14.0 Å². The Balaban J connectivity index is 1.43. The lowest BCUT2D eigenvalue weighted by Crippen LogP contribution is -2.45. The second kappa shape index (κ2) is 9.54. The quantitative estimate of drug-likeness (QED) is 0.711. The Bertz CT molecular complexity index is 833. The van der Waals surface area contributed by atoms with Crippen molar-refractivity contribution in [3.05, 3.63) is 41.5 Å². The minimum atomic E-state index is -0.550. The molecule has 8 heteroatoms. The molecule has 1 aliphatic rings. The van der Waals surface area contributed by atoms with Gasteiger partial charge in [-0.25, -0.2) is 4.79 Å². The molecule has 0 spiro atoms. The SMILES string of the molecule is Cc1nc(COc2ccc(C(=O)OCC(=O)NC3CCCC(C)C3C)cc2)no1. The van der Waals surface area contributed by atoms with Gasteiger partial charge in [0, 0.05) is 13.0 Å². The standard InChI is InChI=1S/C21H27N3O5/c1-13-5-4-6-18(14(13)2)23-20(25)12-28-21(26)16-7-9-17(10-8-16)27-11-19-22-15(3)29-24-19/h7-10,13-14,18H,4-6,11-12H2,1-3H3,(H,23,25). The molecule has 0 radical (unpaired) electrons. The van der Waals surface area contributed by atoms with Crippen LogP contribution in [0.15, 0.2) is 28.8 Å². The highest BCUT2D eigenvalue weighted by Gasteiger charge is 2.28. The Labute approximate surface area is 170 Å². The van der Waals surface area contributed by atoms with Crippen LogP contribution in [-0.2, 0) is 16.1 Å². The van der Waals surface area contributed by atoms with Crippen molar-refractivity contribution in [2.75, 3.05) is 6.61 Å². The Kier molecular flexibility index (Phi) is 6.85. The van der Waals surface area contributed by atoms with Crippen LogP contribution in [0.2, 0.25) is 0 Å². The Morgan fingerprint density at radius 2 is 1.97 bits per heavy atom. The summed E-state index contributed by atoms with van der Waals surface area (Å²) in [4.78, 5) is 28.4. The highest BCUT2D eigenvalue weighted by Crippen LogP contribution is 2.29. The Morgan fingerprint density at radius 3 is 2.66 bits per heavy atom. The number of esters is 1. The van der Waals surface area contributed by atoms with Gasteiger partial charge in [-0.15, -0.1) is 0 Å². The van der Waals surface area contributed by atoms with Crippen LogP contribution >= 0.6 is 0 Å². The predicted molar refractivity (Wildman–Crippen MR) is 104 cm³/mol. The third kappa shape index (κ3) is 5.79. The molecular weight excluding hydrogens is 374 g/mol. The number of rotatable bonds is 7. The molecule has 1 heterocycles. The smallest absolute Gasteiger partial charge is 0.338 e. The molecule has 1 aliphatic carbocycles. The van der Waals surface area contributed by atoms with Gasteiger partial charge in [-0.1, -0.05) is 31.8 Å². The molecule has 1 N–H and O–H groups in total. The summed E-state index contributed by atoms with van der Waals surface area (Å²) in [5, 5.41) is 6.74. The van der Waals surface area contributed by atoms with E-state index in [9.17, 15) is 9.59 Å². The first-order valence-corrected chi connectivity index (χ1v) is 9.91. The van der Waals surface area contributed by atoms with E-state index in [-0.39, 0.29) is 25.2 Å². The summed E-state index contributed by atoms with van der Waals surface area (Å²) in [6.07, 6.45) is 3.27. The van der Waals surface area contributed by atoms with Crippen LogP contribution in [0.4, 0.5) is 0 Å². The number of nitrogens with zero attached hydrogens (tertiary/aromatic N) is 2. The molecule has 1 amide bonds. The second-order valence-electron chi connectivity index (χ2n) is 7.56. The number of ether oxygens (including phenoxy) is 2. The summed E-state index contributed by atoms with van der Waals surface area (Å²) in [7, 11) is 0. The summed E-state index contributed by atoms with van der Waals surface area (Å²) >= 11 is 0. The number of amides is 1. The summed E-state index contributed by atoms with van der Waals surface area (Å²) < 4.78 is 15.6. The van der Waals surface area contributed by atoms with Crippen LogP contribution in [-0.4, -0.2) is 34.7 Å². The summed E-state index contributed by atoms with van der Waals surface area (Å²) in [6, 6.07) is 6.61. The highest BCUT2D eigenvalue weighted by atomic mass is 16.5. The molecule has 0 saturated heterocycles. The zero-order valence-electron chi connectivity index (χ0n) is 17.0. The number of nitrogens with one attached hydrogen (secondary N) is 1. The average molecular weight is 401 g/mol. The Hall–Kier alpha value is -2.90. The molecule has 2 aromatic rings. The van der Waals surface area contributed by atoms with Gasteiger partial charge in [-0.3, -0.25) is 4.79 Å². The molecule has 8 nitrogen and oxygen atoms in total. The molecule has 0 bridgehead atoms. The minimum Gasteiger partial charge on any atom is -0.485 e. The number of carbonyl (C=O) groups excluding carboxylic acids is 2. The largest absolute Gasteiger partial charge is 0.485 e. The van der Waals surface area contributed by atoms with Crippen LogP contribution in [0.3, 0.4) is 0 Å². The lowest BCUT2D eigenvalue weighted by atomic mass is 9.78. The Morgan fingerprint density at radius 1 is 1.21 bits per heavy atom. The average Bonchev–Trinajstić information content (AvgIpc) is 3.13. The molecule has 0 aliphatic heterocycles. The van der Waals surface area contributed by atoms with E-state index in [0.717, 1.165) is 12.8 Å². The molecule has 3 unspecified atom stereocenters. The maximum atomic E-state index is 12.2. The van der Waals surface area contributed by atoms with Crippen molar-refractivity contribution in [1.82, 2.24) is 15.5 Å². The molecule has 29 heavy (non-hydrogen) atoms. The van der Waals surface area contributed by atoms with E-state index >= 15 is 0 Å². The number of aryl methyl sites for hydroxylation is 1. The molecule has 1 fully saturated rings. The van der Waals surface area contributed by atoms with Gasteiger partial charge in [0.1, 0.15) is 5.75 Å². The molecule has 156 valence electrons. The van der Waals surface area contributed by atoms with Gasteiger partial charge < -0.3 is 19.3 Å². The van der Waals surface area contributed by atoms with E-state index in [1.54, 1.807) is 31.2 Å². The molecule has 1 saturated carbocycles. The number of aromatic nitrogens is 2. The van der Waals surface area contributed by atoms with Crippen molar-refractivity contribution in [2.45, 2.75) is 52.7 Å². The van der Waals surface area contributed by atoms with Crippen molar-refractivity contribution in [3.8, 4) is 5.75 Å². The van der Waals surface area contributed by atoms with Crippen molar-refractivity contribution < 1.29 is 23.6 Å². The maximum absolute atomic E-state index is 12.2.